The van der Waals surface area contributed by atoms with Gasteiger partial charge < -0.3 is 10.6 Å². The Balaban J connectivity index is 0.00000161. The van der Waals surface area contributed by atoms with Crippen LogP contribution in [0.4, 0.5) is 0 Å². The fraction of sp³-hybridized carbons (Fsp3) is 0.786. The van der Waals surface area contributed by atoms with Gasteiger partial charge in [0.25, 0.3) is 0 Å². The van der Waals surface area contributed by atoms with Crippen LogP contribution in [-0.2, 0) is 4.79 Å². The average molecular weight is 314 g/mol. The molecule has 2 aliphatic rings. The van der Waals surface area contributed by atoms with Crippen LogP contribution in [0.2, 0.25) is 0 Å². The highest BCUT2D eigenvalue weighted by Gasteiger charge is 2.32. The standard InChI is InChI=1S/C14H23N5O.ClH/c15-12-4-1-3-11(7-12)14(20)18-6-2-5-13(8-18)19-10-16-9-17-19;/h9-13H,1-8,15H2;1H. The summed E-state index contributed by atoms with van der Waals surface area (Å²) in [5.74, 6) is 0.429. The summed E-state index contributed by atoms with van der Waals surface area (Å²) < 4.78 is 1.88. The molecule has 1 amide bonds. The quantitative estimate of drug-likeness (QED) is 0.895. The van der Waals surface area contributed by atoms with Crippen molar-refractivity contribution in [2.24, 2.45) is 11.7 Å². The van der Waals surface area contributed by atoms with E-state index in [1.54, 1.807) is 12.7 Å². The summed E-state index contributed by atoms with van der Waals surface area (Å²) in [5.41, 5.74) is 6.00. The molecule has 118 valence electrons. The van der Waals surface area contributed by atoms with Gasteiger partial charge in [0, 0.05) is 25.0 Å². The molecule has 1 aromatic heterocycles. The Morgan fingerprint density at radius 3 is 2.81 bits per heavy atom. The van der Waals surface area contributed by atoms with E-state index in [2.05, 4.69) is 10.1 Å². The van der Waals surface area contributed by atoms with Crippen molar-refractivity contribution in [1.82, 2.24) is 19.7 Å². The van der Waals surface area contributed by atoms with Crippen molar-refractivity contribution in [1.29, 1.82) is 0 Å². The molecule has 21 heavy (non-hydrogen) atoms. The lowest BCUT2D eigenvalue weighted by Crippen LogP contribution is -2.45. The number of carbonyl (C=O) groups excluding carboxylic acids is 1. The van der Waals surface area contributed by atoms with Crippen LogP contribution in [0.1, 0.15) is 44.6 Å². The number of rotatable bonds is 2. The fourth-order valence-corrected chi connectivity index (χ4v) is 3.49. The molecule has 1 aromatic rings. The maximum atomic E-state index is 12.6. The molecule has 1 aliphatic carbocycles. The van der Waals surface area contributed by atoms with Crippen molar-refractivity contribution in [2.45, 2.75) is 50.6 Å². The molecule has 0 radical (unpaired) electrons. The minimum Gasteiger partial charge on any atom is -0.340 e. The Hall–Kier alpha value is -1.14. The Bertz CT molecular complexity index is 452. The van der Waals surface area contributed by atoms with Gasteiger partial charge in [-0.3, -0.25) is 4.79 Å². The maximum Gasteiger partial charge on any atom is 0.225 e. The molecule has 1 saturated carbocycles. The molecular weight excluding hydrogens is 290 g/mol. The van der Waals surface area contributed by atoms with E-state index in [-0.39, 0.29) is 30.4 Å². The van der Waals surface area contributed by atoms with Gasteiger partial charge >= 0.3 is 0 Å². The van der Waals surface area contributed by atoms with E-state index in [1.807, 2.05) is 9.58 Å². The third-order valence-electron chi connectivity index (χ3n) is 4.58. The van der Waals surface area contributed by atoms with Crippen molar-refractivity contribution in [3.63, 3.8) is 0 Å². The summed E-state index contributed by atoms with van der Waals surface area (Å²) in [6.07, 6.45) is 9.39. The van der Waals surface area contributed by atoms with Crippen LogP contribution < -0.4 is 5.73 Å². The first kappa shape index (κ1) is 16.2. The molecule has 6 nitrogen and oxygen atoms in total. The highest BCUT2D eigenvalue weighted by Crippen LogP contribution is 2.28. The summed E-state index contributed by atoms with van der Waals surface area (Å²) in [6.45, 7) is 1.63. The number of nitrogens with zero attached hydrogens (tertiary/aromatic N) is 4. The topological polar surface area (TPSA) is 77.0 Å². The number of amides is 1. The minimum atomic E-state index is 0. The monoisotopic (exact) mass is 313 g/mol. The Morgan fingerprint density at radius 2 is 2.10 bits per heavy atom. The number of hydrogen-bond acceptors (Lipinski definition) is 4. The van der Waals surface area contributed by atoms with Crippen LogP contribution in [0.5, 0.6) is 0 Å². The van der Waals surface area contributed by atoms with Crippen molar-refractivity contribution >= 4 is 18.3 Å². The number of piperidine rings is 1. The van der Waals surface area contributed by atoms with E-state index < -0.39 is 0 Å². The molecular formula is C14H24ClN5O. The average Bonchev–Trinajstić information content (AvgIpc) is 3.01. The van der Waals surface area contributed by atoms with E-state index >= 15 is 0 Å². The zero-order valence-corrected chi connectivity index (χ0v) is 13.0. The van der Waals surface area contributed by atoms with Gasteiger partial charge in [0.05, 0.1) is 6.04 Å². The van der Waals surface area contributed by atoms with Crippen LogP contribution in [0.25, 0.3) is 0 Å². The number of nitrogens with two attached hydrogens (primary N) is 1. The first-order valence-corrected chi connectivity index (χ1v) is 7.62. The van der Waals surface area contributed by atoms with E-state index in [0.717, 1.165) is 51.6 Å². The molecule has 0 spiro atoms. The minimum absolute atomic E-state index is 0. The molecule has 7 heteroatoms. The largest absolute Gasteiger partial charge is 0.340 e. The van der Waals surface area contributed by atoms with E-state index in [4.69, 9.17) is 5.73 Å². The maximum absolute atomic E-state index is 12.6. The van der Waals surface area contributed by atoms with E-state index in [9.17, 15) is 4.79 Å². The Kier molecular flexibility index (Phi) is 5.58. The third kappa shape index (κ3) is 3.74. The Morgan fingerprint density at radius 1 is 1.24 bits per heavy atom. The predicted molar refractivity (Wildman–Crippen MR) is 82.1 cm³/mol. The number of carbonyl (C=O) groups is 1. The molecule has 1 saturated heterocycles. The lowest BCUT2D eigenvalue weighted by Gasteiger charge is -2.36. The van der Waals surface area contributed by atoms with E-state index in [1.165, 1.54) is 0 Å². The van der Waals surface area contributed by atoms with Gasteiger partial charge in [0.15, 0.2) is 0 Å². The van der Waals surface area contributed by atoms with Crippen molar-refractivity contribution in [3.8, 4) is 0 Å². The summed E-state index contributed by atoms with van der Waals surface area (Å²) in [5, 5.41) is 4.21. The van der Waals surface area contributed by atoms with Crippen LogP contribution in [0, 0.1) is 5.92 Å². The summed E-state index contributed by atoms with van der Waals surface area (Å²) >= 11 is 0. The van der Waals surface area contributed by atoms with Gasteiger partial charge in [0.1, 0.15) is 12.7 Å². The van der Waals surface area contributed by atoms with Crippen molar-refractivity contribution in [2.75, 3.05) is 13.1 Å². The third-order valence-corrected chi connectivity index (χ3v) is 4.58. The van der Waals surface area contributed by atoms with Crippen LogP contribution in [0.3, 0.4) is 0 Å². The van der Waals surface area contributed by atoms with Crippen molar-refractivity contribution in [3.05, 3.63) is 12.7 Å². The first-order valence-electron chi connectivity index (χ1n) is 7.62. The van der Waals surface area contributed by atoms with Crippen LogP contribution >= 0.6 is 12.4 Å². The summed E-state index contributed by atoms with van der Waals surface area (Å²) in [7, 11) is 0. The molecule has 3 unspecified atom stereocenters. The first-order chi connectivity index (χ1) is 9.74. The highest BCUT2D eigenvalue weighted by atomic mass is 35.5. The van der Waals surface area contributed by atoms with Gasteiger partial charge in [-0.25, -0.2) is 9.67 Å². The van der Waals surface area contributed by atoms with Crippen molar-refractivity contribution < 1.29 is 4.79 Å². The smallest absolute Gasteiger partial charge is 0.225 e. The van der Waals surface area contributed by atoms with Gasteiger partial charge in [-0.1, -0.05) is 6.42 Å². The number of likely N-dealkylation sites (tertiary alicyclic amines) is 1. The number of aromatic nitrogens is 3. The normalized spacial score (nSPS) is 29.8. The second-order valence-corrected chi connectivity index (χ2v) is 6.08. The van der Waals surface area contributed by atoms with Crippen LogP contribution in [0.15, 0.2) is 12.7 Å². The lowest BCUT2D eigenvalue weighted by atomic mass is 9.85. The predicted octanol–water partition coefficient (Wildman–Crippen LogP) is 1.38. The van der Waals surface area contributed by atoms with E-state index in [0.29, 0.717) is 5.91 Å². The molecule has 0 bridgehead atoms. The number of hydrogen-bond donors (Lipinski definition) is 1. The lowest BCUT2D eigenvalue weighted by molar-refractivity contribution is -0.138. The molecule has 0 aromatic carbocycles. The van der Waals surface area contributed by atoms with Gasteiger partial charge in [-0.05, 0) is 32.1 Å². The molecule has 3 atom stereocenters. The summed E-state index contributed by atoms with van der Waals surface area (Å²) in [6, 6.07) is 0.473. The molecule has 2 fully saturated rings. The van der Waals surface area contributed by atoms with Crippen LogP contribution in [-0.4, -0.2) is 44.7 Å². The highest BCUT2D eigenvalue weighted by molar-refractivity contribution is 5.85. The Labute approximate surface area is 131 Å². The SMILES string of the molecule is Cl.NC1CCCC(C(=O)N2CCCC(n3cncn3)C2)C1. The molecule has 1 aliphatic heterocycles. The second kappa shape index (κ2) is 7.22. The number of halogens is 1. The molecule has 2 N–H and O–H groups in total. The fourth-order valence-electron chi connectivity index (χ4n) is 3.49. The summed E-state index contributed by atoms with van der Waals surface area (Å²) in [4.78, 5) is 18.7. The zero-order chi connectivity index (χ0) is 13.9. The van der Waals surface area contributed by atoms with Gasteiger partial charge in [-0.15, -0.1) is 12.4 Å². The molecule has 3 rings (SSSR count). The van der Waals surface area contributed by atoms with Gasteiger partial charge in [-0.2, -0.15) is 5.10 Å². The molecule has 2 heterocycles. The second-order valence-electron chi connectivity index (χ2n) is 6.08. The zero-order valence-electron chi connectivity index (χ0n) is 12.2. The van der Waals surface area contributed by atoms with Gasteiger partial charge in [0.2, 0.25) is 5.91 Å².